The normalized spacial score (nSPS) is 14.8. The van der Waals surface area contributed by atoms with Gasteiger partial charge >= 0.3 is 0 Å². The topological polar surface area (TPSA) is 106 Å². The predicted octanol–water partition coefficient (Wildman–Crippen LogP) is 0.0548. The summed E-state index contributed by atoms with van der Waals surface area (Å²) in [5.74, 6) is -0.349. The Bertz CT molecular complexity index is 589. The summed E-state index contributed by atoms with van der Waals surface area (Å²) in [6.45, 7) is 3.10. The number of nitriles is 1. The Morgan fingerprint density at radius 3 is 2.77 bits per heavy atom. The average Bonchev–Trinajstić information content (AvgIpc) is 3.02. The maximum absolute atomic E-state index is 12.2. The second-order valence-corrected chi connectivity index (χ2v) is 4.89. The summed E-state index contributed by atoms with van der Waals surface area (Å²) >= 11 is 0. The van der Waals surface area contributed by atoms with Gasteiger partial charge in [0.15, 0.2) is 0 Å². The van der Waals surface area contributed by atoms with Crippen molar-refractivity contribution in [3.63, 3.8) is 0 Å². The number of rotatable bonds is 6. The van der Waals surface area contributed by atoms with E-state index in [0.717, 1.165) is 12.0 Å². The third kappa shape index (κ3) is 3.75. The smallest absolute Gasteiger partial charge is 0.271 e. The Morgan fingerprint density at radius 1 is 1.45 bits per heavy atom. The molecule has 1 amide bonds. The van der Waals surface area contributed by atoms with Crippen LogP contribution in [-0.2, 0) is 11.2 Å². The van der Waals surface area contributed by atoms with Gasteiger partial charge in [0.25, 0.3) is 5.91 Å². The molecule has 0 saturated heterocycles. The molecule has 1 unspecified atom stereocenters. The Balaban J connectivity index is 2.02. The SMILES string of the molecule is CCc1ccc(C(C#N)NC(=O)C2=CN(CCN)NN2)cc1. The first kappa shape index (κ1) is 15.8. The van der Waals surface area contributed by atoms with Crippen molar-refractivity contribution in [1.29, 1.82) is 5.26 Å². The number of benzene rings is 1. The van der Waals surface area contributed by atoms with E-state index in [1.807, 2.05) is 24.3 Å². The van der Waals surface area contributed by atoms with Crippen molar-refractivity contribution in [3.8, 4) is 6.07 Å². The molecule has 1 aromatic carbocycles. The first-order chi connectivity index (χ1) is 10.7. The minimum atomic E-state index is -0.690. The molecule has 1 atom stereocenters. The first-order valence-electron chi connectivity index (χ1n) is 7.17. The highest BCUT2D eigenvalue weighted by molar-refractivity contribution is 5.93. The molecule has 0 aliphatic carbocycles. The molecule has 0 bridgehead atoms. The fourth-order valence-corrected chi connectivity index (χ4v) is 2.07. The molecule has 1 aliphatic rings. The Hall–Kier alpha value is -2.56. The number of hydrogen-bond donors (Lipinski definition) is 4. The van der Waals surface area contributed by atoms with Gasteiger partial charge in [0.2, 0.25) is 0 Å². The van der Waals surface area contributed by atoms with Crippen molar-refractivity contribution in [2.75, 3.05) is 13.1 Å². The van der Waals surface area contributed by atoms with Crippen molar-refractivity contribution in [3.05, 3.63) is 47.3 Å². The zero-order valence-corrected chi connectivity index (χ0v) is 12.5. The molecule has 7 nitrogen and oxygen atoms in total. The summed E-state index contributed by atoms with van der Waals surface area (Å²) in [5, 5.41) is 13.7. The van der Waals surface area contributed by atoms with Gasteiger partial charge in [-0.1, -0.05) is 31.2 Å². The van der Waals surface area contributed by atoms with Gasteiger partial charge in [0.1, 0.15) is 11.7 Å². The summed E-state index contributed by atoms with van der Waals surface area (Å²) in [6, 6.07) is 9.07. The molecule has 1 heterocycles. The lowest BCUT2D eigenvalue weighted by Gasteiger charge is -2.13. The second-order valence-electron chi connectivity index (χ2n) is 4.89. The zero-order chi connectivity index (χ0) is 15.9. The number of carbonyl (C=O) groups is 1. The summed E-state index contributed by atoms with van der Waals surface area (Å²) < 4.78 is 0. The molecule has 0 fully saturated rings. The highest BCUT2D eigenvalue weighted by Crippen LogP contribution is 2.14. The van der Waals surface area contributed by atoms with E-state index in [1.54, 1.807) is 11.2 Å². The van der Waals surface area contributed by atoms with E-state index in [4.69, 9.17) is 5.73 Å². The van der Waals surface area contributed by atoms with Crippen LogP contribution < -0.4 is 22.0 Å². The van der Waals surface area contributed by atoms with Crippen LogP contribution in [0.2, 0.25) is 0 Å². The molecule has 1 aliphatic heterocycles. The van der Waals surface area contributed by atoms with E-state index in [9.17, 15) is 10.1 Å². The van der Waals surface area contributed by atoms with Gasteiger partial charge in [0.05, 0.1) is 6.07 Å². The molecule has 0 saturated carbocycles. The van der Waals surface area contributed by atoms with E-state index in [-0.39, 0.29) is 5.91 Å². The van der Waals surface area contributed by atoms with Crippen LogP contribution in [0, 0.1) is 11.3 Å². The van der Waals surface area contributed by atoms with Crippen molar-refractivity contribution in [2.24, 2.45) is 5.73 Å². The molecule has 116 valence electrons. The van der Waals surface area contributed by atoms with Crippen LogP contribution in [0.25, 0.3) is 0 Å². The summed E-state index contributed by atoms with van der Waals surface area (Å²) in [6.07, 6.45) is 2.56. The van der Waals surface area contributed by atoms with Crippen LogP contribution >= 0.6 is 0 Å². The van der Waals surface area contributed by atoms with E-state index in [1.165, 1.54) is 5.56 Å². The van der Waals surface area contributed by atoms with E-state index in [2.05, 4.69) is 29.3 Å². The molecule has 0 aromatic heterocycles. The van der Waals surface area contributed by atoms with E-state index < -0.39 is 6.04 Å². The fraction of sp³-hybridized carbons (Fsp3) is 0.333. The lowest BCUT2D eigenvalue weighted by Crippen LogP contribution is -2.41. The predicted molar refractivity (Wildman–Crippen MR) is 82.4 cm³/mol. The third-order valence-corrected chi connectivity index (χ3v) is 3.36. The number of hydrogen-bond acceptors (Lipinski definition) is 6. The summed E-state index contributed by atoms with van der Waals surface area (Å²) in [5.41, 5.74) is 13.3. The van der Waals surface area contributed by atoms with Gasteiger partial charge in [0, 0.05) is 19.3 Å². The molecule has 0 radical (unpaired) electrons. The average molecular weight is 300 g/mol. The highest BCUT2D eigenvalue weighted by atomic mass is 16.2. The number of aryl methyl sites for hydroxylation is 1. The number of nitrogens with two attached hydrogens (primary N) is 1. The van der Waals surface area contributed by atoms with Crippen LogP contribution in [-0.4, -0.2) is 24.0 Å². The minimum Gasteiger partial charge on any atom is -0.331 e. The molecular weight excluding hydrogens is 280 g/mol. The lowest BCUT2D eigenvalue weighted by atomic mass is 10.0. The van der Waals surface area contributed by atoms with Crippen LogP contribution in [0.15, 0.2) is 36.2 Å². The van der Waals surface area contributed by atoms with Gasteiger partial charge in [-0.2, -0.15) is 5.26 Å². The van der Waals surface area contributed by atoms with Gasteiger partial charge in [-0.05, 0) is 17.5 Å². The van der Waals surface area contributed by atoms with Crippen molar-refractivity contribution in [2.45, 2.75) is 19.4 Å². The lowest BCUT2D eigenvalue weighted by molar-refractivity contribution is -0.118. The summed E-state index contributed by atoms with van der Waals surface area (Å²) in [7, 11) is 0. The van der Waals surface area contributed by atoms with Crippen LogP contribution in [0.3, 0.4) is 0 Å². The van der Waals surface area contributed by atoms with E-state index >= 15 is 0 Å². The molecular formula is C15H20N6O. The molecule has 2 rings (SSSR count). The zero-order valence-electron chi connectivity index (χ0n) is 12.5. The van der Waals surface area contributed by atoms with Gasteiger partial charge in [-0.3, -0.25) is 15.2 Å². The van der Waals surface area contributed by atoms with E-state index in [0.29, 0.717) is 18.8 Å². The Kier molecular flexibility index (Phi) is 5.36. The third-order valence-electron chi connectivity index (χ3n) is 3.36. The maximum atomic E-state index is 12.2. The maximum Gasteiger partial charge on any atom is 0.271 e. The Morgan fingerprint density at radius 2 is 2.18 bits per heavy atom. The second kappa shape index (κ2) is 7.45. The van der Waals surface area contributed by atoms with Crippen LogP contribution in [0.5, 0.6) is 0 Å². The first-order valence-corrected chi connectivity index (χ1v) is 7.17. The van der Waals surface area contributed by atoms with Crippen molar-refractivity contribution in [1.82, 2.24) is 21.3 Å². The molecule has 1 aromatic rings. The molecule has 0 spiro atoms. The van der Waals surface area contributed by atoms with Gasteiger partial charge < -0.3 is 11.1 Å². The summed E-state index contributed by atoms with van der Waals surface area (Å²) in [4.78, 5) is 12.2. The number of nitrogens with zero attached hydrogens (tertiary/aromatic N) is 2. The van der Waals surface area contributed by atoms with Crippen molar-refractivity contribution < 1.29 is 4.79 Å². The minimum absolute atomic E-state index is 0.346. The molecule has 5 N–H and O–H groups in total. The number of amides is 1. The largest absolute Gasteiger partial charge is 0.331 e. The van der Waals surface area contributed by atoms with Crippen molar-refractivity contribution >= 4 is 5.91 Å². The monoisotopic (exact) mass is 300 g/mol. The van der Waals surface area contributed by atoms with Crippen LogP contribution in [0.4, 0.5) is 0 Å². The molecule has 7 heteroatoms. The number of nitrogens with one attached hydrogen (secondary N) is 3. The van der Waals surface area contributed by atoms with Gasteiger partial charge in [-0.25, -0.2) is 0 Å². The number of hydrazine groups is 2. The number of carbonyl (C=O) groups excluding carboxylic acids is 1. The molecule has 22 heavy (non-hydrogen) atoms. The quantitative estimate of drug-likeness (QED) is 0.592. The van der Waals surface area contributed by atoms with Crippen LogP contribution in [0.1, 0.15) is 24.1 Å². The van der Waals surface area contributed by atoms with Gasteiger partial charge in [-0.15, -0.1) is 5.53 Å². The fourth-order valence-electron chi connectivity index (χ4n) is 2.07. The highest BCUT2D eigenvalue weighted by Gasteiger charge is 2.21. The Labute approximate surface area is 129 Å². The standard InChI is InChI=1S/C15H20N6O/c1-2-11-3-5-12(6-4-11)13(9-17)18-15(22)14-10-21(8-7-16)20-19-14/h3-6,10,13,19-20H,2,7-8,16H2,1H3,(H,18,22).